The highest BCUT2D eigenvalue weighted by atomic mass is 35.5. The van der Waals surface area contributed by atoms with E-state index < -0.39 is 27.4 Å². The number of hydrogen-bond donors (Lipinski definition) is 3. The fraction of sp³-hybridized carbons (Fsp3) is 0.0476. The number of aromatic nitrogens is 1. The van der Waals surface area contributed by atoms with Gasteiger partial charge in [-0.25, -0.2) is 22.3 Å². The lowest BCUT2D eigenvalue weighted by Gasteiger charge is -2.11. The lowest BCUT2D eigenvalue weighted by atomic mass is 10.1. The van der Waals surface area contributed by atoms with Crippen LogP contribution in [0.25, 0.3) is 16.5 Å². The fourth-order valence-corrected chi connectivity index (χ4v) is 5.53. The minimum Gasteiger partial charge on any atom is -0.386 e. The standard InChI is InChI=1S/C21H16ClFN4O4S2/c1-24-17-10-12-8-9-27(20(28)15(12)11-16(17)23)14-4-2-13(3-5-14)25-21(29)26-33(30,31)19-7-6-18(22)32-19/h2-11,24H,1H3,(H2,25,26,29). The van der Waals surface area contributed by atoms with Crippen molar-refractivity contribution in [1.82, 2.24) is 9.29 Å². The number of sulfonamides is 1. The number of benzene rings is 2. The van der Waals surface area contributed by atoms with Gasteiger partial charge in [-0.1, -0.05) is 11.6 Å². The zero-order valence-corrected chi connectivity index (χ0v) is 19.3. The summed E-state index contributed by atoms with van der Waals surface area (Å²) in [6, 6.07) is 12.3. The SMILES string of the molecule is CNc1cc2ccn(-c3ccc(NC(=O)NS(=O)(=O)c4ccc(Cl)s4)cc3)c(=O)c2cc1F. The summed E-state index contributed by atoms with van der Waals surface area (Å²) in [6.07, 6.45) is 1.57. The minimum atomic E-state index is -4.05. The van der Waals surface area contributed by atoms with E-state index in [2.05, 4.69) is 10.6 Å². The normalized spacial score (nSPS) is 11.4. The van der Waals surface area contributed by atoms with E-state index in [1.807, 2.05) is 4.72 Å². The molecule has 2 aromatic heterocycles. The van der Waals surface area contributed by atoms with Crippen LogP contribution < -0.4 is 20.9 Å². The van der Waals surface area contributed by atoms with Crippen molar-refractivity contribution in [3.63, 3.8) is 0 Å². The summed E-state index contributed by atoms with van der Waals surface area (Å²) >= 11 is 6.57. The number of thiophene rings is 1. The van der Waals surface area contributed by atoms with E-state index in [0.717, 1.165) is 11.3 Å². The summed E-state index contributed by atoms with van der Waals surface area (Å²) in [7, 11) is -2.46. The molecule has 8 nitrogen and oxygen atoms in total. The largest absolute Gasteiger partial charge is 0.386 e. The van der Waals surface area contributed by atoms with Gasteiger partial charge in [0.1, 0.15) is 10.0 Å². The number of halogens is 2. The summed E-state index contributed by atoms with van der Waals surface area (Å²) < 4.78 is 42.0. The van der Waals surface area contributed by atoms with Crippen molar-refractivity contribution < 1.29 is 17.6 Å². The number of amides is 2. The molecule has 12 heteroatoms. The van der Waals surface area contributed by atoms with Crippen molar-refractivity contribution in [3.05, 3.63) is 81.3 Å². The average Bonchev–Trinajstić information content (AvgIpc) is 3.22. The van der Waals surface area contributed by atoms with Crippen LogP contribution in [0, 0.1) is 5.82 Å². The molecule has 0 aliphatic rings. The van der Waals surface area contributed by atoms with Crippen LogP contribution in [-0.2, 0) is 10.0 Å². The second kappa shape index (κ2) is 8.85. The average molecular weight is 507 g/mol. The summed E-state index contributed by atoms with van der Waals surface area (Å²) in [6.45, 7) is 0. The number of urea groups is 1. The topological polar surface area (TPSA) is 109 Å². The monoisotopic (exact) mass is 506 g/mol. The third kappa shape index (κ3) is 4.70. The van der Waals surface area contributed by atoms with E-state index in [0.29, 0.717) is 16.8 Å². The smallest absolute Gasteiger partial charge is 0.333 e. The fourth-order valence-electron chi connectivity index (χ4n) is 3.14. The van der Waals surface area contributed by atoms with E-state index in [1.165, 1.54) is 34.9 Å². The molecular formula is C21H16ClFN4O4S2. The molecule has 4 aromatic rings. The quantitative estimate of drug-likeness (QED) is 0.372. The van der Waals surface area contributed by atoms with Crippen LogP contribution in [0.3, 0.4) is 0 Å². The molecule has 0 unspecified atom stereocenters. The molecule has 3 N–H and O–H groups in total. The van der Waals surface area contributed by atoms with Crippen molar-refractivity contribution in [2.75, 3.05) is 17.7 Å². The maximum atomic E-state index is 14.1. The van der Waals surface area contributed by atoms with Gasteiger partial charge in [0.25, 0.3) is 15.6 Å². The first-order valence-corrected chi connectivity index (χ1v) is 12.1. The first kappa shape index (κ1) is 22.8. The number of carbonyl (C=O) groups is 1. The number of rotatable bonds is 5. The van der Waals surface area contributed by atoms with Crippen molar-refractivity contribution in [2.24, 2.45) is 0 Å². The molecule has 0 radical (unpaired) electrons. The second-order valence-corrected chi connectivity index (χ2v) is 10.4. The first-order valence-electron chi connectivity index (χ1n) is 9.40. The Hall–Kier alpha value is -3.41. The Labute approximate surface area is 196 Å². The van der Waals surface area contributed by atoms with E-state index in [4.69, 9.17) is 11.6 Å². The van der Waals surface area contributed by atoms with Gasteiger partial charge in [-0.3, -0.25) is 9.36 Å². The van der Waals surface area contributed by atoms with E-state index >= 15 is 0 Å². The molecule has 0 atom stereocenters. The Morgan fingerprint density at radius 3 is 2.45 bits per heavy atom. The minimum absolute atomic E-state index is 0.0908. The van der Waals surface area contributed by atoms with E-state index in [9.17, 15) is 22.4 Å². The molecular weight excluding hydrogens is 491 g/mol. The van der Waals surface area contributed by atoms with Gasteiger partial charge in [0.2, 0.25) is 0 Å². The highest BCUT2D eigenvalue weighted by Crippen LogP contribution is 2.25. The Kier molecular flexibility index (Phi) is 6.11. The predicted molar refractivity (Wildman–Crippen MR) is 128 cm³/mol. The molecule has 0 aliphatic heterocycles. The number of pyridine rings is 1. The van der Waals surface area contributed by atoms with Crippen molar-refractivity contribution in [1.29, 1.82) is 0 Å². The zero-order valence-electron chi connectivity index (χ0n) is 16.9. The lowest BCUT2D eigenvalue weighted by molar-refractivity contribution is 0.256. The Morgan fingerprint density at radius 1 is 1.09 bits per heavy atom. The summed E-state index contributed by atoms with van der Waals surface area (Å²) in [5.41, 5.74) is 0.659. The Bertz CT molecular complexity index is 1530. The third-order valence-electron chi connectivity index (χ3n) is 4.70. The van der Waals surface area contributed by atoms with Crippen molar-refractivity contribution in [3.8, 4) is 5.69 Å². The van der Waals surface area contributed by atoms with Gasteiger partial charge in [0, 0.05) is 24.6 Å². The highest BCUT2D eigenvalue weighted by Gasteiger charge is 2.20. The van der Waals surface area contributed by atoms with Crippen LogP contribution in [0.4, 0.5) is 20.6 Å². The van der Waals surface area contributed by atoms with Gasteiger partial charge in [-0.2, -0.15) is 0 Å². The summed E-state index contributed by atoms with van der Waals surface area (Å²) in [4.78, 5) is 25.0. The third-order valence-corrected chi connectivity index (χ3v) is 7.76. The lowest BCUT2D eigenvalue weighted by Crippen LogP contribution is -2.33. The van der Waals surface area contributed by atoms with Crippen LogP contribution in [0.1, 0.15) is 0 Å². The maximum Gasteiger partial charge on any atom is 0.333 e. The van der Waals surface area contributed by atoms with Gasteiger partial charge in [0.15, 0.2) is 0 Å². The number of carbonyl (C=O) groups excluding carboxylic acids is 1. The van der Waals surface area contributed by atoms with Crippen LogP contribution >= 0.6 is 22.9 Å². The van der Waals surface area contributed by atoms with E-state index in [1.54, 1.807) is 37.5 Å². The molecule has 0 bridgehead atoms. The van der Waals surface area contributed by atoms with Crippen molar-refractivity contribution in [2.45, 2.75) is 4.21 Å². The molecule has 2 heterocycles. The molecule has 0 saturated heterocycles. The summed E-state index contributed by atoms with van der Waals surface area (Å²) in [5.74, 6) is -0.537. The molecule has 2 amide bonds. The second-order valence-electron chi connectivity index (χ2n) is 6.83. The predicted octanol–water partition coefficient (Wildman–Crippen LogP) is 4.40. The molecule has 0 saturated carbocycles. The molecule has 0 aliphatic carbocycles. The van der Waals surface area contributed by atoms with Gasteiger partial charge in [-0.05, 0) is 60.0 Å². The van der Waals surface area contributed by atoms with Gasteiger partial charge in [-0.15, -0.1) is 11.3 Å². The van der Waals surface area contributed by atoms with Crippen LogP contribution in [-0.4, -0.2) is 26.1 Å². The molecule has 0 spiro atoms. The Morgan fingerprint density at radius 2 is 1.82 bits per heavy atom. The molecule has 0 fully saturated rings. The number of nitrogens with one attached hydrogen (secondary N) is 3. The number of hydrogen-bond acceptors (Lipinski definition) is 6. The molecule has 170 valence electrons. The first-order chi connectivity index (χ1) is 15.7. The van der Waals surface area contributed by atoms with Crippen LogP contribution in [0.2, 0.25) is 4.34 Å². The maximum absolute atomic E-state index is 14.1. The van der Waals surface area contributed by atoms with Gasteiger partial charge >= 0.3 is 6.03 Å². The molecule has 2 aromatic carbocycles. The zero-order chi connectivity index (χ0) is 23.8. The number of anilines is 2. The van der Waals surface area contributed by atoms with Gasteiger partial charge in [0.05, 0.1) is 15.4 Å². The molecule has 33 heavy (non-hydrogen) atoms. The summed E-state index contributed by atoms with van der Waals surface area (Å²) in [5, 5.41) is 5.95. The van der Waals surface area contributed by atoms with Crippen LogP contribution in [0.15, 0.2) is 69.8 Å². The van der Waals surface area contributed by atoms with Gasteiger partial charge < -0.3 is 10.6 Å². The highest BCUT2D eigenvalue weighted by molar-refractivity contribution is 7.92. The molecule has 4 rings (SSSR count). The Balaban J connectivity index is 1.54. The van der Waals surface area contributed by atoms with Crippen LogP contribution in [0.5, 0.6) is 0 Å². The van der Waals surface area contributed by atoms with Crippen molar-refractivity contribution >= 4 is 61.1 Å². The van der Waals surface area contributed by atoms with E-state index in [-0.39, 0.29) is 19.6 Å². The number of fused-ring (bicyclic) bond motifs is 1. The number of nitrogens with zero attached hydrogens (tertiary/aromatic N) is 1.